The van der Waals surface area contributed by atoms with Gasteiger partial charge in [-0.3, -0.25) is 9.59 Å². The average molecular weight is 471 g/mol. The number of rotatable bonds is 7. The first-order valence-electron chi connectivity index (χ1n) is 11.7. The highest BCUT2D eigenvalue weighted by atomic mass is 32.2. The molecule has 0 atom stereocenters. The molecular weight excluding hydrogens is 440 g/mol. The van der Waals surface area contributed by atoms with Gasteiger partial charge in [0, 0.05) is 17.0 Å². The number of benzene rings is 3. The normalized spacial score (nSPS) is 14.3. The summed E-state index contributed by atoms with van der Waals surface area (Å²) in [5.74, 6) is -0.0737. The van der Waals surface area contributed by atoms with Gasteiger partial charge >= 0.3 is 0 Å². The Bertz CT molecular complexity index is 1230. The van der Waals surface area contributed by atoms with Crippen LogP contribution in [0, 0.1) is 13.8 Å². The lowest BCUT2D eigenvalue weighted by molar-refractivity contribution is -0.114. The fourth-order valence-corrected chi connectivity index (χ4v) is 4.98. The lowest BCUT2D eigenvalue weighted by Gasteiger charge is -2.31. The third-order valence-electron chi connectivity index (χ3n) is 5.95. The molecule has 0 unspecified atom stereocenters. The zero-order valence-electron chi connectivity index (χ0n) is 19.9. The van der Waals surface area contributed by atoms with E-state index in [1.54, 1.807) is 0 Å². The first kappa shape index (κ1) is 23.8. The van der Waals surface area contributed by atoms with E-state index in [1.165, 1.54) is 22.9 Å². The number of carbonyl (C=O) groups is 2. The molecule has 1 aliphatic heterocycles. The van der Waals surface area contributed by atoms with Gasteiger partial charge in [0.15, 0.2) is 0 Å². The summed E-state index contributed by atoms with van der Waals surface area (Å²) in [5.41, 5.74) is 5.96. The van der Waals surface area contributed by atoms with Crippen LogP contribution in [0.4, 0.5) is 5.69 Å². The van der Waals surface area contributed by atoms with Crippen molar-refractivity contribution in [1.82, 2.24) is 5.32 Å². The molecular formula is C29H30N2O2S. The Morgan fingerprint density at radius 3 is 2.56 bits per heavy atom. The lowest BCUT2D eigenvalue weighted by atomic mass is 10.0. The Morgan fingerprint density at radius 2 is 1.79 bits per heavy atom. The molecule has 0 saturated heterocycles. The van der Waals surface area contributed by atoms with Crippen molar-refractivity contribution in [1.29, 1.82) is 0 Å². The van der Waals surface area contributed by atoms with Crippen molar-refractivity contribution < 1.29 is 9.59 Å². The summed E-state index contributed by atoms with van der Waals surface area (Å²) in [6.45, 7) is 7.46. The number of fused-ring (bicyclic) bond motifs is 1. The summed E-state index contributed by atoms with van der Waals surface area (Å²) in [4.78, 5) is 29.5. The molecule has 0 aliphatic carbocycles. The molecule has 0 spiro atoms. The van der Waals surface area contributed by atoms with Crippen LogP contribution >= 0.6 is 11.8 Å². The lowest BCUT2D eigenvalue weighted by Crippen LogP contribution is -2.34. The molecule has 1 aliphatic rings. The monoisotopic (exact) mass is 470 g/mol. The molecule has 0 saturated carbocycles. The van der Waals surface area contributed by atoms with Crippen molar-refractivity contribution in [2.75, 3.05) is 11.4 Å². The maximum Gasteiger partial charge on any atom is 0.265 e. The molecule has 1 heterocycles. The van der Waals surface area contributed by atoms with Crippen LogP contribution in [0.25, 0.3) is 6.08 Å². The highest BCUT2D eigenvalue weighted by molar-refractivity contribution is 8.04. The molecule has 5 heteroatoms. The van der Waals surface area contributed by atoms with E-state index in [-0.39, 0.29) is 11.8 Å². The van der Waals surface area contributed by atoms with Gasteiger partial charge in [0.25, 0.3) is 11.8 Å². The first-order chi connectivity index (χ1) is 16.5. The molecule has 0 fully saturated rings. The topological polar surface area (TPSA) is 49.4 Å². The molecule has 4 rings (SSSR count). The molecule has 174 valence electrons. The van der Waals surface area contributed by atoms with Crippen LogP contribution in [0.3, 0.4) is 0 Å². The van der Waals surface area contributed by atoms with Crippen LogP contribution in [0.1, 0.15) is 52.4 Å². The number of thioether (sulfide) groups is 1. The molecule has 0 radical (unpaired) electrons. The van der Waals surface area contributed by atoms with Crippen LogP contribution in [0.2, 0.25) is 0 Å². The molecule has 0 aromatic heterocycles. The molecule has 3 aromatic carbocycles. The number of nitrogens with one attached hydrogen (secondary N) is 1. The van der Waals surface area contributed by atoms with Crippen LogP contribution in [-0.4, -0.2) is 18.4 Å². The minimum Gasteiger partial charge on any atom is -0.352 e. The minimum absolute atomic E-state index is 0.00834. The van der Waals surface area contributed by atoms with E-state index in [4.69, 9.17) is 0 Å². The highest BCUT2D eigenvalue weighted by Crippen LogP contribution is 2.42. The van der Waals surface area contributed by atoms with E-state index in [2.05, 4.69) is 50.4 Å². The Labute approximate surface area is 206 Å². The highest BCUT2D eigenvalue weighted by Gasteiger charge is 2.29. The van der Waals surface area contributed by atoms with Gasteiger partial charge in [-0.05, 0) is 67.3 Å². The third kappa shape index (κ3) is 5.42. The summed E-state index contributed by atoms with van der Waals surface area (Å²) in [5, 5.41) is 2.94. The van der Waals surface area contributed by atoms with Crippen molar-refractivity contribution in [3.05, 3.63) is 99.5 Å². The van der Waals surface area contributed by atoms with Gasteiger partial charge in [-0.15, -0.1) is 0 Å². The predicted octanol–water partition coefficient (Wildman–Crippen LogP) is 6.51. The second-order valence-corrected chi connectivity index (χ2v) is 9.71. The number of para-hydroxylation sites is 1. The van der Waals surface area contributed by atoms with Crippen molar-refractivity contribution in [2.24, 2.45) is 0 Å². The van der Waals surface area contributed by atoms with Gasteiger partial charge in [-0.2, -0.15) is 0 Å². The maximum atomic E-state index is 13.6. The van der Waals surface area contributed by atoms with Crippen LogP contribution in [-0.2, 0) is 11.3 Å². The molecule has 34 heavy (non-hydrogen) atoms. The van der Waals surface area contributed by atoms with Crippen molar-refractivity contribution in [3.8, 4) is 0 Å². The van der Waals surface area contributed by atoms with Crippen LogP contribution in [0.5, 0.6) is 0 Å². The number of hydrogen-bond acceptors (Lipinski definition) is 3. The maximum absolute atomic E-state index is 13.6. The van der Waals surface area contributed by atoms with E-state index in [0.29, 0.717) is 23.6 Å². The number of aryl methyl sites for hydroxylation is 2. The van der Waals surface area contributed by atoms with E-state index >= 15 is 0 Å². The number of anilines is 1. The Kier molecular flexibility index (Phi) is 7.53. The van der Waals surface area contributed by atoms with Gasteiger partial charge < -0.3 is 10.2 Å². The fourth-order valence-electron chi connectivity index (χ4n) is 3.92. The van der Waals surface area contributed by atoms with Crippen molar-refractivity contribution in [2.45, 2.75) is 45.1 Å². The summed E-state index contributed by atoms with van der Waals surface area (Å²) in [7, 11) is 0. The van der Waals surface area contributed by atoms with Gasteiger partial charge in [0.2, 0.25) is 0 Å². The number of amides is 2. The third-order valence-corrected chi connectivity index (χ3v) is 7.03. The summed E-state index contributed by atoms with van der Waals surface area (Å²) in [6.07, 6.45) is 3.93. The van der Waals surface area contributed by atoms with E-state index in [9.17, 15) is 9.59 Å². The van der Waals surface area contributed by atoms with E-state index in [0.717, 1.165) is 34.6 Å². The molecule has 4 nitrogen and oxygen atoms in total. The van der Waals surface area contributed by atoms with E-state index in [1.807, 2.05) is 53.4 Å². The molecule has 0 bridgehead atoms. The summed E-state index contributed by atoms with van der Waals surface area (Å²) >= 11 is 1.50. The SMILES string of the molecule is CCCCNC(=O)c1ccc(/C=C2\Sc3ccccc3N(Cc3cc(C)ccc3C)C2=O)cc1. The summed E-state index contributed by atoms with van der Waals surface area (Å²) < 4.78 is 0. The average Bonchev–Trinajstić information content (AvgIpc) is 2.84. The number of nitrogens with zero attached hydrogens (tertiary/aromatic N) is 1. The Hall–Kier alpha value is -3.31. The zero-order valence-corrected chi connectivity index (χ0v) is 20.7. The van der Waals surface area contributed by atoms with Crippen LogP contribution < -0.4 is 10.2 Å². The molecule has 2 amide bonds. The number of unbranched alkanes of at least 4 members (excludes halogenated alkanes) is 1. The minimum atomic E-state index is -0.0654. The Balaban J connectivity index is 1.60. The summed E-state index contributed by atoms with van der Waals surface area (Å²) in [6, 6.07) is 21.8. The van der Waals surface area contributed by atoms with Crippen LogP contribution in [0.15, 0.2) is 76.5 Å². The smallest absolute Gasteiger partial charge is 0.265 e. The fraction of sp³-hybridized carbons (Fsp3) is 0.241. The zero-order chi connectivity index (χ0) is 24.1. The van der Waals surface area contributed by atoms with Gasteiger partial charge in [0.05, 0.1) is 17.1 Å². The Morgan fingerprint density at radius 1 is 1.03 bits per heavy atom. The van der Waals surface area contributed by atoms with Gasteiger partial charge in [0.1, 0.15) is 0 Å². The largest absolute Gasteiger partial charge is 0.352 e. The molecule has 1 N–H and O–H groups in total. The second kappa shape index (κ2) is 10.7. The number of hydrogen-bond donors (Lipinski definition) is 1. The predicted molar refractivity (Wildman–Crippen MR) is 141 cm³/mol. The van der Waals surface area contributed by atoms with Crippen molar-refractivity contribution in [3.63, 3.8) is 0 Å². The van der Waals surface area contributed by atoms with Crippen molar-refractivity contribution >= 4 is 35.3 Å². The van der Waals surface area contributed by atoms with Gasteiger partial charge in [-0.1, -0.05) is 73.1 Å². The van der Waals surface area contributed by atoms with Gasteiger partial charge in [-0.25, -0.2) is 0 Å². The number of carbonyl (C=O) groups excluding carboxylic acids is 2. The standard InChI is InChI=1S/C29H30N2O2S/c1-4-5-16-30-28(32)23-14-12-22(13-15-23)18-27-29(33)31(25-8-6-7-9-26(25)34-27)19-24-17-20(2)10-11-21(24)3/h6-15,17-18H,4-5,16,19H2,1-3H3,(H,30,32)/b27-18-. The van der Waals surface area contributed by atoms with E-state index < -0.39 is 0 Å². The molecule has 3 aromatic rings. The quantitative estimate of drug-likeness (QED) is 0.316. The second-order valence-electron chi connectivity index (χ2n) is 8.63. The first-order valence-corrected chi connectivity index (χ1v) is 12.5.